The van der Waals surface area contributed by atoms with Crippen molar-refractivity contribution in [2.45, 2.75) is 0 Å². The van der Waals surface area contributed by atoms with Gasteiger partial charge in [-0.25, -0.2) is 9.37 Å². The number of carbonyl (C=O) groups is 2. The zero-order valence-corrected chi connectivity index (χ0v) is 16.2. The van der Waals surface area contributed by atoms with Crippen LogP contribution >= 0.6 is 24.0 Å². The average molecular weight is 412 g/mol. The highest BCUT2D eigenvalue weighted by molar-refractivity contribution is 8.26. The van der Waals surface area contributed by atoms with Crippen molar-refractivity contribution in [3.8, 4) is 0 Å². The zero-order chi connectivity index (χ0) is 19.8. The van der Waals surface area contributed by atoms with Crippen LogP contribution < -0.4 is 5.43 Å². The first kappa shape index (κ1) is 18.3. The maximum Gasteiger partial charge on any atom is 0.285 e. The van der Waals surface area contributed by atoms with E-state index < -0.39 is 17.6 Å². The summed E-state index contributed by atoms with van der Waals surface area (Å²) in [5.74, 6) is -1.34. The number of nitrogens with zero attached hydrogens (tertiary/aromatic N) is 3. The number of para-hydroxylation sites is 2. The van der Waals surface area contributed by atoms with E-state index >= 15 is 0 Å². The van der Waals surface area contributed by atoms with E-state index in [1.54, 1.807) is 6.08 Å². The number of rotatable bonds is 3. The standard InChI is InChI=1S/C19H13FN4O2S2/c1-23-14-9-5-4-8-13(14)21-16(23)10-15-18(26)24(19(27)28-15)22-17(25)11-6-2-3-7-12(11)20/h2-10H,1H3,(H,22,25). The number of aryl methyl sites for hydroxylation is 1. The van der Waals surface area contributed by atoms with Gasteiger partial charge in [-0.2, -0.15) is 5.01 Å². The molecule has 1 aliphatic rings. The number of halogens is 1. The Hall–Kier alpha value is -3.04. The lowest BCUT2D eigenvalue weighted by molar-refractivity contribution is -0.123. The molecular weight excluding hydrogens is 399 g/mol. The van der Waals surface area contributed by atoms with E-state index in [9.17, 15) is 14.0 Å². The van der Waals surface area contributed by atoms with E-state index in [1.165, 1.54) is 24.3 Å². The fraction of sp³-hybridized carbons (Fsp3) is 0.0526. The summed E-state index contributed by atoms with van der Waals surface area (Å²) in [4.78, 5) is 29.8. The van der Waals surface area contributed by atoms with Crippen LogP contribution in [0.4, 0.5) is 4.39 Å². The number of thioether (sulfide) groups is 1. The number of benzene rings is 2. The van der Waals surface area contributed by atoms with Gasteiger partial charge in [0.15, 0.2) is 4.32 Å². The predicted octanol–water partition coefficient (Wildman–Crippen LogP) is 3.26. The van der Waals surface area contributed by atoms with Crippen LogP contribution in [0.5, 0.6) is 0 Å². The first-order valence-corrected chi connectivity index (χ1v) is 9.43. The molecule has 1 saturated heterocycles. The summed E-state index contributed by atoms with van der Waals surface area (Å²) in [5.41, 5.74) is 3.93. The van der Waals surface area contributed by atoms with Crippen molar-refractivity contribution in [2.24, 2.45) is 7.05 Å². The third kappa shape index (κ3) is 3.19. The molecule has 0 aliphatic carbocycles. The summed E-state index contributed by atoms with van der Waals surface area (Å²) in [6.45, 7) is 0. The quantitative estimate of drug-likeness (QED) is 0.528. The summed E-state index contributed by atoms with van der Waals surface area (Å²) < 4.78 is 15.8. The van der Waals surface area contributed by atoms with Gasteiger partial charge in [0.1, 0.15) is 11.6 Å². The highest BCUT2D eigenvalue weighted by atomic mass is 32.2. The molecule has 2 amide bonds. The van der Waals surface area contributed by atoms with E-state index in [1.807, 2.05) is 35.9 Å². The van der Waals surface area contributed by atoms with Crippen LogP contribution in [0.2, 0.25) is 0 Å². The van der Waals surface area contributed by atoms with Gasteiger partial charge < -0.3 is 4.57 Å². The van der Waals surface area contributed by atoms with Gasteiger partial charge in [0, 0.05) is 13.1 Å². The molecule has 1 fully saturated rings. The minimum absolute atomic E-state index is 0.153. The van der Waals surface area contributed by atoms with Crippen molar-refractivity contribution < 1.29 is 14.0 Å². The van der Waals surface area contributed by atoms with Gasteiger partial charge in [-0.1, -0.05) is 36.0 Å². The van der Waals surface area contributed by atoms with Crippen molar-refractivity contribution in [2.75, 3.05) is 0 Å². The van der Waals surface area contributed by atoms with Gasteiger partial charge in [0.2, 0.25) is 0 Å². The van der Waals surface area contributed by atoms with E-state index in [-0.39, 0.29) is 9.88 Å². The van der Waals surface area contributed by atoms with Crippen LogP contribution in [0.3, 0.4) is 0 Å². The molecule has 1 N–H and O–H groups in total. The van der Waals surface area contributed by atoms with E-state index in [2.05, 4.69) is 10.4 Å². The first-order valence-electron chi connectivity index (χ1n) is 8.20. The number of hydrogen-bond acceptors (Lipinski definition) is 5. The highest BCUT2D eigenvalue weighted by Gasteiger charge is 2.34. The van der Waals surface area contributed by atoms with Crippen molar-refractivity contribution in [1.29, 1.82) is 0 Å². The predicted molar refractivity (Wildman–Crippen MR) is 110 cm³/mol. The smallest absolute Gasteiger partial charge is 0.285 e. The molecule has 1 aromatic heterocycles. The lowest BCUT2D eigenvalue weighted by atomic mass is 10.2. The number of amides is 2. The summed E-state index contributed by atoms with van der Waals surface area (Å²) in [6.07, 6.45) is 1.62. The second kappa shape index (κ2) is 7.17. The fourth-order valence-electron chi connectivity index (χ4n) is 2.78. The number of aromatic nitrogens is 2. The SMILES string of the molecule is Cn1c(C=C2SC(=S)N(NC(=O)c3ccccc3F)C2=O)nc2ccccc21. The lowest BCUT2D eigenvalue weighted by Gasteiger charge is -2.15. The Morgan fingerprint density at radius 3 is 2.68 bits per heavy atom. The van der Waals surface area contributed by atoms with Crippen LogP contribution in [-0.4, -0.2) is 30.7 Å². The minimum Gasteiger partial charge on any atom is -0.328 e. The monoisotopic (exact) mass is 412 g/mol. The van der Waals surface area contributed by atoms with E-state index in [0.717, 1.165) is 27.8 Å². The van der Waals surface area contributed by atoms with Crippen molar-refractivity contribution in [1.82, 2.24) is 20.0 Å². The summed E-state index contributed by atoms with van der Waals surface area (Å²) in [7, 11) is 1.85. The molecule has 0 unspecified atom stereocenters. The second-order valence-corrected chi connectivity index (χ2v) is 7.63. The zero-order valence-electron chi connectivity index (χ0n) is 14.5. The Bertz CT molecular complexity index is 1170. The number of nitrogens with one attached hydrogen (secondary N) is 1. The molecule has 0 radical (unpaired) electrons. The summed E-state index contributed by atoms with van der Waals surface area (Å²) >= 11 is 6.24. The normalized spacial score (nSPS) is 15.6. The Labute approximate surface area is 169 Å². The Morgan fingerprint density at radius 1 is 1.21 bits per heavy atom. The molecule has 4 rings (SSSR count). The number of thiocarbonyl (C=S) groups is 1. The second-order valence-electron chi connectivity index (χ2n) is 5.96. The van der Waals surface area contributed by atoms with Crippen LogP contribution in [0, 0.1) is 5.82 Å². The number of hydrogen-bond donors (Lipinski definition) is 1. The number of carbonyl (C=O) groups excluding carboxylic acids is 2. The molecule has 0 spiro atoms. The van der Waals surface area contributed by atoms with Gasteiger partial charge >= 0.3 is 0 Å². The Morgan fingerprint density at radius 2 is 1.93 bits per heavy atom. The minimum atomic E-state index is -0.751. The number of fused-ring (bicyclic) bond motifs is 1. The van der Waals surface area contributed by atoms with Gasteiger partial charge in [0.05, 0.1) is 21.5 Å². The van der Waals surface area contributed by atoms with Crippen LogP contribution in [0.1, 0.15) is 16.2 Å². The van der Waals surface area contributed by atoms with Crippen LogP contribution in [-0.2, 0) is 11.8 Å². The maximum atomic E-state index is 13.8. The molecule has 0 saturated carbocycles. The third-order valence-corrected chi connectivity index (χ3v) is 5.51. The topological polar surface area (TPSA) is 67.2 Å². The van der Waals surface area contributed by atoms with Crippen molar-refractivity contribution in [3.05, 3.63) is 70.6 Å². The molecule has 1 aliphatic heterocycles. The molecule has 2 aromatic carbocycles. The Balaban J connectivity index is 1.60. The van der Waals surface area contributed by atoms with E-state index in [0.29, 0.717) is 10.7 Å². The maximum absolute atomic E-state index is 13.8. The van der Waals surface area contributed by atoms with Crippen LogP contribution in [0.15, 0.2) is 53.4 Å². The highest BCUT2D eigenvalue weighted by Crippen LogP contribution is 2.31. The summed E-state index contributed by atoms with van der Waals surface area (Å²) in [5, 5.41) is 0.948. The number of imidazole rings is 1. The van der Waals surface area contributed by atoms with Gasteiger partial charge in [-0.05, 0) is 36.5 Å². The molecule has 28 heavy (non-hydrogen) atoms. The average Bonchev–Trinajstić information content (AvgIpc) is 3.14. The number of hydrazine groups is 1. The molecule has 140 valence electrons. The third-order valence-electron chi connectivity index (χ3n) is 4.21. The first-order chi connectivity index (χ1) is 13.5. The molecule has 0 atom stereocenters. The molecule has 0 bridgehead atoms. The van der Waals surface area contributed by atoms with E-state index in [4.69, 9.17) is 12.2 Å². The van der Waals surface area contributed by atoms with Gasteiger partial charge in [-0.15, -0.1) is 0 Å². The van der Waals surface area contributed by atoms with Gasteiger partial charge in [-0.3, -0.25) is 15.0 Å². The Kier molecular flexibility index (Phi) is 4.70. The molecule has 9 heteroatoms. The lowest BCUT2D eigenvalue weighted by Crippen LogP contribution is -2.45. The summed E-state index contributed by atoms with van der Waals surface area (Å²) in [6, 6.07) is 13.1. The molecule has 2 heterocycles. The van der Waals surface area contributed by atoms with Crippen LogP contribution in [0.25, 0.3) is 17.1 Å². The largest absolute Gasteiger partial charge is 0.328 e. The molecular formula is C19H13FN4O2S2. The van der Waals surface area contributed by atoms with Crippen molar-refractivity contribution >= 4 is 57.2 Å². The molecule has 6 nitrogen and oxygen atoms in total. The van der Waals surface area contributed by atoms with Crippen molar-refractivity contribution in [3.63, 3.8) is 0 Å². The fourth-order valence-corrected chi connectivity index (χ4v) is 3.93. The molecule has 3 aromatic rings. The van der Waals surface area contributed by atoms with Gasteiger partial charge in [0.25, 0.3) is 11.8 Å².